The zero-order valence-corrected chi connectivity index (χ0v) is 11.5. The van der Waals surface area contributed by atoms with E-state index in [1.165, 1.54) is 0 Å². The Morgan fingerprint density at radius 1 is 1.16 bits per heavy atom. The molecule has 0 fully saturated rings. The molecule has 0 aliphatic carbocycles. The van der Waals surface area contributed by atoms with Crippen LogP contribution in [0.25, 0.3) is 0 Å². The molecule has 2 amide bonds. The van der Waals surface area contributed by atoms with Gasteiger partial charge in [0.25, 0.3) is 0 Å². The predicted molar refractivity (Wildman–Crippen MR) is 77.0 cm³/mol. The first-order chi connectivity index (χ1) is 9.06. The summed E-state index contributed by atoms with van der Waals surface area (Å²) in [5.41, 5.74) is 7.67. The van der Waals surface area contributed by atoms with Gasteiger partial charge in [-0.25, -0.2) is 0 Å². The lowest BCUT2D eigenvalue weighted by molar-refractivity contribution is -0.116. The third-order valence-corrected chi connectivity index (χ3v) is 2.64. The molecule has 0 aromatic heterocycles. The van der Waals surface area contributed by atoms with Gasteiger partial charge in [0.1, 0.15) is 0 Å². The highest BCUT2D eigenvalue weighted by atomic mass is 16.2. The fraction of sp³-hybridized carbons (Fsp3) is 0.429. The maximum absolute atomic E-state index is 11.6. The molecular weight excluding hydrogens is 242 g/mol. The molecule has 0 spiro atoms. The van der Waals surface area contributed by atoms with Crippen LogP contribution in [-0.4, -0.2) is 18.4 Å². The molecule has 0 atom stereocenters. The zero-order chi connectivity index (χ0) is 14.3. The number of carbonyl (C=O) groups excluding carboxylic acids is 2. The van der Waals surface area contributed by atoms with Gasteiger partial charge in [-0.15, -0.1) is 0 Å². The molecule has 0 saturated heterocycles. The van der Waals surface area contributed by atoms with Gasteiger partial charge in [-0.1, -0.05) is 13.0 Å². The monoisotopic (exact) mass is 263 g/mol. The van der Waals surface area contributed by atoms with E-state index in [0.29, 0.717) is 18.7 Å². The number of hydrogen-bond donors (Lipinski definition) is 3. The summed E-state index contributed by atoms with van der Waals surface area (Å²) < 4.78 is 0. The van der Waals surface area contributed by atoms with E-state index in [9.17, 15) is 9.59 Å². The van der Waals surface area contributed by atoms with E-state index in [-0.39, 0.29) is 18.2 Å². The number of benzene rings is 1. The molecule has 1 rings (SSSR count). The summed E-state index contributed by atoms with van der Waals surface area (Å²) in [4.78, 5) is 23.0. The fourth-order valence-corrected chi connectivity index (χ4v) is 1.63. The van der Waals surface area contributed by atoms with Crippen LogP contribution in [-0.2, 0) is 9.59 Å². The van der Waals surface area contributed by atoms with E-state index >= 15 is 0 Å². The van der Waals surface area contributed by atoms with E-state index in [0.717, 1.165) is 17.7 Å². The van der Waals surface area contributed by atoms with Crippen molar-refractivity contribution in [2.24, 2.45) is 5.73 Å². The number of hydrogen-bond acceptors (Lipinski definition) is 3. The Labute approximate surface area is 113 Å². The number of amides is 2. The van der Waals surface area contributed by atoms with E-state index in [1.54, 1.807) is 12.1 Å². The van der Waals surface area contributed by atoms with Crippen LogP contribution in [0, 0.1) is 6.92 Å². The van der Waals surface area contributed by atoms with Crippen molar-refractivity contribution in [1.82, 2.24) is 0 Å². The Bertz CT molecular complexity index is 458. The first kappa shape index (κ1) is 15.2. The Kier molecular flexibility index (Phi) is 6.02. The van der Waals surface area contributed by atoms with Crippen LogP contribution >= 0.6 is 0 Å². The second-order valence-corrected chi connectivity index (χ2v) is 4.41. The van der Waals surface area contributed by atoms with Gasteiger partial charge >= 0.3 is 0 Å². The van der Waals surface area contributed by atoms with Crippen molar-refractivity contribution < 1.29 is 9.59 Å². The van der Waals surface area contributed by atoms with Crippen LogP contribution in [0.15, 0.2) is 18.2 Å². The van der Waals surface area contributed by atoms with Gasteiger partial charge in [0.2, 0.25) is 11.8 Å². The van der Waals surface area contributed by atoms with E-state index in [4.69, 9.17) is 5.73 Å². The highest BCUT2D eigenvalue weighted by molar-refractivity contribution is 5.94. The molecular formula is C14H21N3O2. The lowest BCUT2D eigenvalue weighted by Crippen LogP contribution is -2.17. The van der Waals surface area contributed by atoms with Crippen molar-refractivity contribution in [3.63, 3.8) is 0 Å². The van der Waals surface area contributed by atoms with Crippen molar-refractivity contribution >= 4 is 23.2 Å². The third kappa shape index (κ3) is 5.09. The van der Waals surface area contributed by atoms with Gasteiger partial charge in [0, 0.05) is 30.8 Å². The zero-order valence-electron chi connectivity index (χ0n) is 11.5. The number of anilines is 2. The second-order valence-electron chi connectivity index (χ2n) is 4.41. The highest BCUT2D eigenvalue weighted by Crippen LogP contribution is 2.20. The smallest absolute Gasteiger partial charge is 0.225 e. The molecule has 0 aliphatic heterocycles. The average Bonchev–Trinajstić information content (AvgIpc) is 2.34. The maximum atomic E-state index is 11.6. The molecule has 0 bridgehead atoms. The number of aryl methyl sites for hydroxylation is 1. The lowest BCUT2D eigenvalue weighted by Gasteiger charge is -2.11. The van der Waals surface area contributed by atoms with E-state index < -0.39 is 0 Å². The lowest BCUT2D eigenvalue weighted by atomic mass is 10.1. The van der Waals surface area contributed by atoms with Crippen molar-refractivity contribution in [3.05, 3.63) is 23.8 Å². The quantitative estimate of drug-likeness (QED) is 0.734. The van der Waals surface area contributed by atoms with Crippen LogP contribution in [0.5, 0.6) is 0 Å². The van der Waals surface area contributed by atoms with Crippen molar-refractivity contribution in [2.75, 3.05) is 17.2 Å². The van der Waals surface area contributed by atoms with Crippen LogP contribution in [0.1, 0.15) is 31.7 Å². The molecule has 0 aliphatic rings. The van der Waals surface area contributed by atoms with Crippen molar-refractivity contribution in [3.8, 4) is 0 Å². The molecule has 1 aromatic carbocycles. The van der Waals surface area contributed by atoms with Gasteiger partial charge in [-0.05, 0) is 31.0 Å². The first-order valence-corrected chi connectivity index (χ1v) is 6.47. The molecule has 0 radical (unpaired) electrons. The first-order valence-electron chi connectivity index (χ1n) is 6.47. The Balaban J connectivity index is 2.76. The molecule has 4 N–H and O–H groups in total. The highest BCUT2D eigenvalue weighted by Gasteiger charge is 2.06. The summed E-state index contributed by atoms with van der Waals surface area (Å²) in [6, 6.07) is 5.43. The van der Waals surface area contributed by atoms with Crippen molar-refractivity contribution in [1.29, 1.82) is 0 Å². The molecule has 0 unspecified atom stereocenters. The van der Waals surface area contributed by atoms with Gasteiger partial charge in [0.15, 0.2) is 0 Å². The standard InChI is InChI=1S/C14H21N3O2/c1-3-4-13(18)17-12-9-11(6-5-10(12)2)16-14(19)7-8-15/h5-6,9H,3-4,7-8,15H2,1-2H3,(H,16,19)(H,17,18). The second kappa shape index (κ2) is 7.53. The number of nitrogens with one attached hydrogen (secondary N) is 2. The predicted octanol–water partition coefficient (Wildman–Crippen LogP) is 2.02. The molecule has 0 heterocycles. The van der Waals surface area contributed by atoms with Gasteiger partial charge < -0.3 is 16.4 Å². The Morgan fingerprint density at radius 3 is 2.47 bits per heavy atom. The molecule has 5 nitrogen and oxygen atoms in total. The molecule has 104 valence electrons. The van der Waals surface area contributed by atoms with Crippen LogP contribution in [0.3, 0.4) is 0 Å². The summed E-state index contributed by atoms with van der Waals surface area (Å²) in [6.45, 7) is 4.18. The summed E-state index contributed by atoms with van der Waals surface area (Å²) >= 11 is 0. The largest absolute Gasteiger partial charge is 0.330 e. The van der Waals surface area contributed by atoms with Crippen LogP contribution in [0.4, 0.5) is 11.4 Å². The van der Waals surface area contributed by atoms with E-state index in [2.05, 4.69) is 10.6 Å². The molecule has 1 aromatic rings. The Morgan fingerprint density at radius 2 is 1.84 bits per heavy atom. The minimum absolute atomic E-state index is 0.0176. The summed E-state index contributed by atoms with van der Waals surface area (Å²) in [6.07, 6.45) is 1.58. The Hall–Kier alpha value is -1.88. The van der Waals surface area contributed by atoms with Crippen LogP contribution < -0.4 is 16.4 Å². The topological polar surface area (TPSA) is 84.2 Å². The average molecular weight is 263 g/mol. The summed E-state index contributed by atoms with van der Waals surface area (Å²) in [5, 5.41) is 5.59. The number of nitrogens with two attached hydrogens (primary N) is 1. The maximum Gasteiger partial charge on any atom is 0.225 e. The summed E-state index contributed by atoms with van der Waals surface area (Å²) in [5.74, 6) is -0.145. The third-order valence-electron chi connectivity index (χ3n) is 2.64. The van der Waals surface area contributed by atoms with Gasteiger partial charge in [-0.3, -0.25) is 9.59 Å². The molecule has 19 heavy (non-hydrogen) atoms. The number of carbonyl (C=O) groups is 2. The number of rotatable bonds is 6. The SMILES string of the molecule is CCCC(=O)Nc1cc(NC(=O)CCN)ccc1C. The van der Waals surface area contributed by atoms with Crippen LogP contribution in [0.2, 0.25) is 0 Å². The molecule has 5 heteroatoms. The van der Waals surface area contributed by atoms with Crippen molar-refractivity contribution in [2.45, 2.75) is 33.1 Å². The van der Waals surface area contributed by atoms with Gasteiger partial charge in [0.05, 0.1) is 0 Å². The summed E-state index contributed by atoms with van der Waals surface area (Å²) in [7, 11) is 0. The minimum Gasteiger partial charge on any atom is -0.330 e. The minimum atomic E-state index is -0.128. The molecule has 0 saturated carbocycles. The van der Waals surface area contributed by atoms with E-state index in [1.807, 2.05) is 19.9 Å². The fourth-order valence-electron chi connectivity index (χ4n) is 1.63. The van der Waals surface area contributed by atoms with Gasteiger partial charge in [-0.2, -0.15) is 0 Å². The normalized spacial score (nSPS) is 10.1.